The molecule has 0 spiro atoms. The van der Waals surface area contributed by atoms with Crippen molar-refractivity contribution < 1.29 is 0 Å². The van der Waals surface area contributed by atoms with E-state index in [0.29, 0.717) is 0 Å². The molecule has 2 nitrogen and oxygen atoms in total. The first kappa shape index (κ1) is 30.0. The minimum atomic E-state index is -0.187. The quantitative estimate of drug-likeness (QED) is 0.183. The Morgan fingerprint density at radius 3 is 1.90 bits per heavy atom. The van der Waals surface area contributed by atoms with E-state index in [0.717, 1.165) is 12.1 Å². The lowest BCUT2D eigenvalue weighted by Gasteiger charge is -2.29. The van der Waals surface area contributed by atoms with Crippen molar-refractivity contribution in [3.63, 3.8) is 0 Å². The van der Waals surface area contributed by atoms with Gasteiger partial charge in [0.15, 0.2) is 0 Å². The second kappa shape index (κ2) is 10.8. The summed E-state index contributed by atoms with van der Waals surface area (Å²) in [5.74, 6) is 0. The molecule has 3 aliphatic rings. The monoisotopic (exact) mass is 656 g/mol. The molecule has 0 unspecified atom stereocenters. The van der Waals surface area contributed by atoms with Gasteiger partial charge in [0.05, 0.1) is 11.0 Å². The first-order chi connectivity index (χ1) is 24.8. The SMILES string of the molecule is CC1(C)c2ccccc2-c2ccc(N(c3ccccc3)c3ccc4c(c3)C(C)(C)c3cc5c(cc3-4)c3ccccc3n5C3=CC=CCC=C3)cc21. The Morgan fingerprint density at radius 1 is 0.490 bits per heavy atom. The molecule has 0 amide bonds. The number of para-hydroxylation sites is 2. The second-order valence-electron chi connectivity index (χ2n) is 15.4. The van der Waals surface area contributed by atoms with E-state index in [1.165, 1.54) is 83.4 Å². The maximum absolute atomic E-state index is 2.48. The average molecular weight is 657 g/mol. The predicted octanol–water partition coefficient (Wildman–Crippen LogP) is 13.2. The van der Waals surface area contributed by atoms with Crippen LogP contribution in [0.2, 0.25) is 0 Å². The second-order valence-corrected chi connectivity index (χ2v) is 15.4. The zero-order valence-electron chi connectivity index (χ0n) is 29.6. The van der Waals surface area contributed by atoms with Gasteiger partial charge in [0.1, 0.15) is 0 Å². The molecule has 0 N–H and O–H groups in total. The highest BCUT2D eigenvalue weighted by molar-refractivity contribution is 6.12. The fourth-order valence-corrected chi connectivity index (χ4v) is 9.17. The Labute approximate surface area is 300 Å². The van der Waals surface area contributed by atoms with E-state index in [4.69, 9.17) is 0 Å². The van der Waals surface area contributed by atoms with Crippen LogP contribution >= 0.6 is 0 Å². The van der Waals surface area contributed by atoms with Crippen LogP contribution in [0.5, 0.6) is 0 Å². The smallest absolute Gasteiger partial charge is 0.0544 e. The van der Waals surface area contributed by atoms with Crippen LogP contribution in [0.3, 0.4) is 0 Å². The van der Waals surface area contributed by atoms with E-state index in [-0.39, 0.29) is 10.8 Å². The van der Waals surface area contributed by atoms with Gasteiger partial charge in [0.2, 0.25) is 0 Å². The summed E-state index contributed by atoms with van der Waals surface area (Å²) < 4.78 is 2.45. The summed E-state index contributed by atoms with van der Waals surface area (Å²) in [5, 5.41) is 2.59. The Morgan fingerprint density at radius 2 is 1.12 bits per heavy atom. The van der Waals surface area contributed by atoms with Gasteiger partial charge in [-0.25, -0.2) is 0 Å². The third-order valence-electron chi connectivity index (χ3n) is 11.8. The fraction of sp³-hybridized carbons (Fsp3) is 0.143. The first-order valence-electron chi connectivity index (χ1n) is 18.2. The van der Waals surface area contributed by atoms with Gasteiger partial charge in [0, 0.05) is 44.4 Å². The third-order valence-corrected chi connectivity index (χ3v) is 11.8. The Balaban J connectivity index is 1.14. The zero-order valence-corrected chi connectivity index (χ0v) is 29.6. The molecule has 7 aromatic rings. The van der Waals surface area contributed by atoms with E-state index >= 15 is 0 Å². The van der Waals surface area contributed by atoms with Crippen molar-refractivity contribution in [2.45, 2.75) is 44.9 Å². The third kappa shape index (κ3) is 4.29. The summed E-state index contributed by atoms with van der Waals surface area (Å²) in [4.78, 5) is 2.44. The average Bonchev–Trinajstić information content (AvgIpc) is 3.53. The van der Waals surface area contributed by atoms with Crippen molar-refractivity contribution >= 4 is 44.6 Å². The lowest BCUT2D eigenvalue weighted by atomic mass is 9.82. The van der Waals surface area contributed by atoms with Crippen LogP contribution < -0.4 is 4.90 Å². The molecule has 0 fully saturated rings. The van der Waals surface area contributed by atoms with E-state index in [1.807, 2.05) is 0 Å². The molecule has 2 heteroatoms. The van der Waals surface area contributed by atoms with Crippen LogP contribution in [0.1, 0.15) is 56.4 Å². The van der Waals surface area contributed by atoms with E-state index in [1.54, 1.807) is 0 Å². The van der Waals surface area contributed by atoms with Crippen molar-refractivity contribution in [1.29, 1.82) is 0 Å². The normalized spacial score (nSPS) is 16.0. The molecule has 0 aliphatic heterocycles. The summed E-state index contributed by atoms with van der Waals surface area (Å²) >= 11 is 0. The van der Waals surface area contributed by atoms with Crippen molar-refractivity contribution in [2.24, 2.45) is 0 Å². The van der Waals surface area contributed by atoms with Crippen molar-refractivity contribution in [2.75, 3.05) is 4.90 Å². The number of fused-ring (bicyclic) bond motifs is 9. The minimum Gasteiger partial charge on any atom is -0.310 e. The maximum Gasteiger partial charge on any atom is 0.0544 e. The lowest BCUT2D eigenvalue weighted by Crippen LogP contribution is -2.18. The summed E-state index contributed by atoms with van der Waals surface area (Å²) in [6, 6.07) is 47.7. The molecule has 10 rings (SSSR count). The highest BCUT2D eigenvalue weighted by Gasteiger charge is 2.38. The molecular weight excluding hydrogens is 617 g/mol. The van der Waals surface area contributed by atoms with Gasteiger partial charge < -0.3 is 9.47 Å². The minimum absolute atomic E-state index is 0.0718. The number of nitrogens with zero attached hydrogens (tertiary/aromatic N) is 2. The number of hydrogen-bond acceptors (Lipinski definition) is 1. The van der Waals surface area contributed by atoms with Crippen molar-refractivity contribution in [3.8, 4) is 22.3 Å². The van der Waals surface area contributed by atoms with Gasteiger partial charge in [-0.2, -0.15) is 0 Å². The molecule has 0 saturated carbocycles. The largest absolute Gasteiger partial charge is 0.310 e. The summed E-state index contributed by atoms with van der Waals surface area (Å²) in [6.45, 7) is 9.52. The summed E-state index contributed by atoms with van der Waals surface area (Å²) in [5.41, 5.74) is 17.8. The zero-order chi connectivity index (χ0) is 34.5. The van der Waals surface area contributed by atoms with E-state index < -0.39 is 0 Å². The van der Waals surface area contributed by atoms with Gasteiger partial charge in [-0.1, -0.05) is 119 Å². The standard InChI is InChI=1S/C49H40N2/c1-48(2)42-22-14-12-20-36(42)37-26-24-34(28-43(37)48)50(32-16-10-7-11-17-32)35-25-27-38-40-30-41-39-21-13-15-23-46(39)51(33-18-8-5-6-9-19-33)47(41)31-45(40)49(3,4)44(38)29-35/h5,7-31H,6H2,1-4H3. The maximum atomic E-state index is 2.48. The van der Waals surface area contributed by atoms with Crippen LogP contribution in [0.25, 0.3) is 49.8 Å². The summed E-state index contributed by atoms with van der Waals surface area (Å²) in [6.07, 6.45) is 12.1. The number of rotatable bonds is 4. The van der Waals surface area contributed by atoms with Gasteiger partial charge in [-0.05, 0) is 118 Å². The van der Waals surface area contributed by atoms with Gasteiger partial charge in [0.25, 0.3) is 0 Å². The van der Waals surface area contributed by atoms with Crippen LogP contribution in [0, 0.1) is 0 Å². The van der Waals surface area contributed by atoms with E-state index in [2.05, 4.69) is 195 Å². The van der Waals surface area contributed by atoms with Gasteiger partial charge in [-0.15, -0.1) is 0 Å². The first-order valence-corrected chi connectivity index (χ1v) is 18.2. The van der Waals surface area contributed by atoms with Crippen LogP contribution in [0.4, 0.5) is 17.1 Å². The molecule has 51 heavy (non-hydrogen) atoms. The number of hydrogen-bond donors (Lipinski definition) is 0. The predicted molar refractivity (Wildman–Crippen MR) is 216 cm³/mol. The summed E-state index contributed by atoms with van der Waals surface area (Å²) in [7, 11) is 0. The molecule has 6 aromatic carbocycles. The molecule has 1 aromatic heterocycles. The molecule has 0 radical (unpaired) electrons. The highest BCUT2D eigenvalue weighted by atomic mass is 15.1. The Bertz CT molecular complexity index is 2660. The van der Waals surface area contributed by atoms with E-state index in [9.17, 15) is 0 Å². The molecule has 0 saturated heterocycles. The molecule has 3 aliphatic carbocycles. The number of benzene rings is 6. The highest BCUT2D eigenvalue weighted by Crippen LogP contribution is 2.54. The fourth-order valence-electron chi connectivity index (χ4n) is 9.17. The number of anilines is 3. The molecule has 0 atom stereocenters. The van der Waals surface area contributed by atoms with Crippen molar-refractivity contribution in [1.82, 2.24) is 4.57 Å². The van der Waals surface area contributed by atoms with Crippen LogP contribution in [-0.2, 0) is 10.8 Å². The van der Waals surface area contributed by atoms with Gasteiger partial charge >= 0.3 is 0 Å². The topological polar surface area (TPSA) is 8.17 Å². The van der Waals surface area contributed by atoms with Crippen molar-refractivity contribution in [3.05, 3.63) is 180 Å². The lowest BCUT2D eigenvalue weighted by molar-refractivity contribution is 0.660. The van der Waals surface area contributed by atoms with Crippen LogP contribution in [-0.4, -0.2) is 4.57 Å². The molecule has 0 bridgehead atoms. The molecule has 1 heterocycles. The molecule has 246 valence electrons. The number of aromatic nitrogens is 1. The van der Waals surface area contributed by atoms with Crippen LogP contribution in [0.15, 0.2) is 158 Å². The molecular formula is C49H40N2. The Hall–Kier alpha value is -5.86. The Kier molecular flexibility index (Phi) is 6.36. The number of allylic oxidation sites excluding steroid dienone is 6. The van der Waals surface area contributed by atoms with Gasteiger partial charge in [-0.3, -0.25) is 0 Å².